The lowest BCUT2D eigenvalue weighted by molar-refractivity contribution is 0.00415. The lowest BCUT2D eigenvalue weighted by atomic mass is 9.78. The normalized spacial score (nSPS) is 22.1. The van der Waals surface area contributed by atoms with E-state index >= 15 is 0 Å². The monoisotopic (exact) mass is 468 g/mol. The number of aromatic nitrogens is 2. The highest BCUT2D eigenvalue weighted by Gasteiger charge is 2.48. The van der Waals surface area contributed by atoms with Gasteiger partial charge in [0.15, 0.2) is 0 Å². The van der Waals surface area contributed by atoms with Crippen LogP contribution in [0.2, 0.25) is 5.02 Å². The molecule has 1 saturated carbocycles. The molecule has 8 heteroatoms. The SMILES string of the molecule is CC#N.O=C1O[C@]2(CCCC(Cn3cnc4ccccc43)C2)CN1Cc1cccc(Cl)c1F. The van der Waals surface area contributed by atoms with Crippen LogP contribution in [-0.2, 0) is 17.8 Å². The van der Waals surface area contributed by atoms with Gasteiger partial charge < -0.3 is 9.30 Å². The van der Waals surface area contributed by atoms with Gasteiger partial charge in [0, 0.05) is 19.0 Å². The van der Waals surface area contributed by atoms with Crippen molar-refractivity contribution in [2.45, 2.75) is 51.3 Å². The molecule has 33 heavy (non-hydrogen) atoms. The number of benzene rings is 2. The second-order valence-corrected chi connectivity index (χ2v) is 9.10. The number of nitrogens with zero attached hydrogens (tertiary/aromatic N) is 4. The number of ether oxygens (including phenoxy) is 1. The van der Waals surface area contributed by atoms with E-state index in [-0.39, 0.29) is 17.7 Å². The van der Waals surface area contributed by atoms with Gasteiger partial charge in [-0.15, -0.1) is 0 Å². The number of fused-ring (bicyclic) bond motifs is 1. The molecule has 5 rings (SSSR count). The molecule has 0 N–H and O–H groups in total. The summed E-state index contributed by atoms with van der Waals surface area (Å²) in [7, 11) is 0. The number of carbonyl (C=O) groups excluding carboxylic acids is 1. The molecule has 1 aromatic heterocycles. The predicted octanol–water partition coefficient (Wildman–Crippen LogP) is 5.94. The summed E-state index contributed by atoms with van der Waals surface area (Å²) >= 11 is 5.89. The highest BCUT2D eigenvalue weighted by molar-refractivity contribution is 6.30. The van der Waals surface area contributed by atoms with Crippen LogP contribution in [0.15, 0.2) is 48.8 Å². The van der Waals surface area contributed by atoms with Gasteiger partial charge in [0.05, 0.1) is 41.5 Å². The molecule has 1 aliphatic carbocycles. The Bertz CT molecular complexity index is 1190. The minimum atomic E-state index is -0.495. The number of para-hydroxylation sites is 2. The maximum absolute atomic E-state index is 14.3. The lowest BCUT2D eigenvalue weighted by Gasteiger charge is -2.36. The number of amides is 1. The molecular weight excluding hydrogens is 443 g/mol. The van der Waals surface area contributed by atoms with E-state index in [0.29, 0.717) is 18.0 Å². The molecule has 1 aliphatic heterocycles. The first-order valence-electron chi connectivity index (χ1n) is 11.1. The van der Waals surface area contributed by atoms with Crippen LogP contribution in [0.1, 0.15) is 38.2 Å². The summed E-state index contributed by atoms with van der Waals surface area (Å²) < 4.78 is 22.4. The van der Waals surface area contributed by atoms with Crippen molar-refractivity contribution in [3.05, 3.63) is 65.2 Å². The van der Waals surface area contributed by atoms with E-state index in [1.54, 1.807) is 23.1 Å². The van der Waals surface area contributed by atoms with E-state index in [9.17, 15) is 9.18 Å². The fraction of sp³-hybridized carbons (Fsp3) is 0.400. The van der Waals surface area contributed by atoms with Gasteiger partial charge in [-0.25, -0.2) is 14.2 Å². The number of hydrogen-bond donors (Lipinski definition) is 0. The number of halogens is 2. The van der Waals surface area contributed by atoms with Crippen molar-refractivity contribution in [1.29, 1.82) is 5.26 Å². The van der Waals surface area contributed by atoms with Gasteiger partial charge in [0.1, 0.15) is 11.4 Å². The van der Waals surface area contributed by atoms with Crippen molar-refractivity contribution < 1.29 is 13.9 Å². The number of imidazole rings is 1. The summed E-state index contributed by atoms with van der Waals surface area (Å²) in [6, 6.07) is 14.7. The van der Waals surface area contributed by atoms with E-state index in [4.69, 9.17) is 21.6 Å². The minimum absolute atomic E-state index is 0.0695. The molecule has 6 nitrogen and oxygen atoms in total. The summed E-state index contributed by atoms with van der Waals surface area (Å²) in [5, 5.41) is 7.39. The third-order valence-electron chi connectivity index (χ3n) is 6.32. The second-order valence-electron chi connectivity index (χ2n) is 8.69. The van der Waals surface area contributed by atoms with Crippen molar-refractivity contribution in [2.75, 3.05) is 6.54 Å². The molecular formula is C25H26ClFN4O2. The zero-order chi connectivity index (χ0) is 23.4. The first-order valence-corrected chi connectivity index (χ1v) is 11.4. The van der Waals surface area contributed by atoms with Gasteiger partial charge in [-0.05, 0) is 49.8 Å². The lowest BCUT2D eigenvalue weighted by Crippen LogP contribution is -2.40. The van der Waals surface area contributed by atoms with Crippen molar-refractivity contribution in [2.24, 2.45) is 5.92 Å². The second kappa shape index (κ2) is 9.80. The summed E-state index contributed by atoms with van der Waals surface area (Å²) in [5.41, 5.74) is 2.03. The molecule has 3 aromatic rings. The maximum atomic E-state index is 14.3. The Balaban J connectivity index is 0.000000821. The summed E-state index contributed by atoms with van der Waals surface area (Å²) in [6.07, 6.45) is 5.26. The van der Waals surface area contributed by atoms with Crippen LogP contribution in [0.4, 0.5) is 9.18 Å². The van der Waals surface area contributed by atoms with Gasteiger partial charge in [-0.2, -0.15) is 5.26 Å². The smallest absolute Gasteiger partial charge is 0.410 e. The topological polar surface area (TPSA) is 71.1 Å². The number of rotatable bonds is 4. The molecule has 1 spiro atoms. The molecule has 1 unspecified atom stereocenters. The van der Waals surface area contributed by atoms with Gasteiger partial charge in [-0.3, -0.25) is 4.90 Å². The van der Waals surface area contributed by atoms with Crippen LogP contribution in [0.25, 0.3) is 11.0 Å². The fourth-order valence-electron chi connectivity index (χ4n) is 4.96. The summed E-state index contributed by atoms with van der Waals surface area (Å²) in [4.78, 5) is 18.7. The molecule has 2 fully saturated rings. The van der Waals surface area contributed by atoms with E-state index in [1.165, 1.54) is 13.0 Å². The Labute approximate surface area is 197 Å². The Morgan fingerprint density at radius 2 is 2.09 bits per heavy atom. The first kappa shape index (κ1) is 23.1. The number of carbonyl (C=O) groups is 1. The van der Waals surface area contributed by atoms with Gasteiger partial charge in [-0.1, -0.05) is 35.9 Å². The highest BCUT2D eigenvalue weighted by Crippen LogP contribution is 2.41. The Morgan fingerprint density at radius 3 is 2.91 bits per heavy atom. The molecule has 1 saturated heterocycles. The molecule has 172 valence electrons. The van der Waals surface area contributed by atoms with Crippen molar-refractivity contribution in [3.63, 3.8) is 0 Å². The molecule has 1 amide bonds. The maximum Gasteiger partial charge on any atom is 0.410 e. The highest BCUT2D eigenvalue weighted by atomic mass is 35.5. The largest absolute Gasteiger partial charge is 0.441 e. The van der Waals surface area contributed by atoms with Gasteiger partial charge in [0.2, 0.25) is 0 Å². The van der Waals surface area contributed by atoms with Gasteiger partial charge >= 0.3 is 6.09 Å². The Kier molecular flexibility index (Phi) is 6.85. The van der Waals surface area contributed by atoms with Crippen LogP contribution in [-0.4, -0.2) is 32.7 Å². The van der Waals surface area contributed by atoms with E-state index < -0.39 is 11.4 Å². The molecule has 2 aliphatic rings. The average Bonchev–Trinajstić information content (AvgIpc) is 3.33. The predicted molar refractivity (Wildman–Crippen MR) is 124 cm³/mol. The third kappa shape index (κ3) is 4.96. The fourth-order valence-corrected chi connectivity index (χ4v) is 5.15. The Morgan fingerprint density at radius 1 is 1.30 bits per heavy atom. The quantitative estimate of drug-likeness (QED) is 0.475. The number of hydrogen-bond acceptors (Lipinski definition) is 4. The first-order chi connectivity index (χ1) is 15.9. The van der Waals surface area contributed by atoms with Crippen LogP contribution in [0.3, 0.4) is 0 Å². The molecule has 0 radical (unpaired) electrons. The van der Waals surface area contributed by atoms with Crippen molar-refractivity contribution >= 4 is 28.7 Å². The molecule has 2 atom stereocenters. The summed E-state index contributed by atoms with van der Waals surface area (Å²) in [6.45, 7) is 2.94. The Hall–Kier alpha value is -3.11. The van der Waals surface area contributed by atoms with E-state index in [0.717, 1.165) is 43.3 Å². The van der Waals surface area contributed by atoms with E-state index in [1.807, 2.05) is 24.5 Å². The standard InChI is InChI=1S/C23H23ClFN3O2.C2H3N/c24-18-7-3-6-17(21(18)25)13-27-14-23(30-22(27)29)10-4-5-16(11-23)12-28-15-26-19-8-1-2-9-20(19)28;1-2-3/h1-3,6-9,15-16H,4-5,10-14H2;1H3/t16?,23-;/m0./s1. The van der Waals surface area contributed by atoms with Crippen LogP contribution >= 0.6 is 11.6 Å². The summed E-state index contributed by atoms with van der Waals surface area (Å²) in [5.74, 6) is -0.0755. The third-order valence-corrected chi connectivity index (χ3v) is 6.61. The van der Waals surface area contributed by atoms with Crippen molar-refractivity contribution in [1.82, 2.24) is 14.5 Å². The van der Waals surface area contributed by atoms with Crippen LogP contribution < -0.4 is 0 Å². The molecule has 0 bridgehead atoms. The zero-order valence-corrected chi connectivity index (χ0v) is 19.3. The van der Waals surface area contributed by atoms with Crippen LogP contribution in [0, 0.1) is 23.1 Å². The van der Waals surface area contributed by atoms with E-state index in [2.05, 4.69) is 15.6 Å². The molecule has 2 aromatic carbocycles. The van der Waals surface area contributed by atoms with Crippen molar-refractivity contribution in [3.8, 4) is 6.07 Å². The average molecular weight is 469 g/mol. The zero-order valence-electron chi connectivity index (χ0n) is 18.5. The van der Waals surface area contributed by atoms with Gasteiger partial charge in [0.25, 0.3) is 0 Å². The number of nitriles is 1. The molecule has 2 heterocycles. The van der Waals surface area contributed by atoms with Crippen LogP contribution in [0.5, 0.6) is 0 Å². The minimum Gasteiger partial charge on any atom is -0.441 e.